The molecule has 4 aliphatic carbocycles. The van der Waals surface area contributed by atoms with Gasteiger partial charge in [-0.05, 0) is 62.1 Å². The number of allylic oxidation sites excluding steroid dienone is 2. The Kier molecular flexibility index (Phi) is 4.31. The fourth-order valence-corrected chi connectivity index (χ4v) is 5.52. The molecule has 30 heavy (non-hydrogen) atoms. The molecule has 1 N–H and O–H groups in total. The lowest BCUT2D eigenvalue weighted by Crippen LogP contribution is -2.40. The van der Waals surface area contributed by atoms with Gasteiger partial charge in [0.1, 0.15) is 6.54 Å². The van der Waals surface area contributed by atoms with Crippen molar-refractivity contribution in [3.05, 3.63) is 42.0 Å². The molecular formula is C23H24N2O5. The highest BCUT2D eigenvalue weighted by atomic mass is 16.5. The quantitative estimate of drug-likeness (QED) is 0.458. The number of rotatable bonds is 5. The molecule has 2 bridgehead atoms. The van der Waals surface area contributed by atoms with Gasteiger partial charge in [0, 0.05) is 5.69 Å². The SMILES string of the molecule is CC(C)OC(=O)c1cccc(NC(=O)CN2C(=O)[C@@H]3[C@H]4C=C[C@@H]([C@@H]5C[C@@H]45)[C@H]3C2=O)c1. The normalized spacial score (nSPS) is 32.8. The van der Waals surface area contributed by atoms with Gasteiger partial charge in [-0.3, -0.25) is 19.3 Å². The average Bonchev–Trinajstić information content (AvgIpc) is 3.49. The molecule has 3 fully saturated rings. The summed E-state index contributed by atoms with van der Waals surface area (Å²) < 4.78 is 5.17. The van der Waals surface area contributed by atoms with E-state index in [2.05, 4.69) is 17.5 Å². The lowest BCUT2D eigenvalue weighted by Gasteiger charge is -2.37. The lowest BCUT2D eigenvalue weighted by atomic mass is 9.63. The molecule has 3 amide bonds. The number of carbonyl (C=O) groups excluding carboxylic acids is 4. The monoisotopic (exact) mass is 408 g/mol. The summed E-state index contributed by atoms with van der Waals surface area (Å²) >= 11 is 0. The van der Waals surface area contributed by atoms with Gasteiger partial charge < -0.3 is 10.1 Å². The molecule has 0 unspecified atom stereocenters. The molecule has 156 valence electrons. The van der Waals surface area contributed by atoms with Crippen LogP contribution in [0.25, 0.3) is 0 Å². The van der Waals surface area contributed by atoms with Crippen molar-refractivity contribution >= 4 is 29.4 Å². The number of benzene rings is 1. The van der Waals surface area contributed by atoms with Crippen LogP contribution in [0, 0.1) is 35.5 Å². The number of nitrogens with zero attached hydrogens (tertiary/aromatic N) is 1. The Morgan fingerprint density at radius 2 is 1.73 bits per heavy atom. The molecule has 1 aliphatic heterocycles. The fourth-order valence-electron chi connectivity index (χ4n) is 5.52. The molecule has 1 saturated heterocycles. The predicted octanol–water partition coefficient (Wildman–Crippen LogP) is 2.24. The van der Waals surface area contributed by atoms with Crippen LogP contribution in [-0.4, -0.2) is 41.2 Å². The predicted molar refractivity (Wildman–Crippen MR) is 107 cm³/mol. The van der Waals surface area contributed by atoms with Gasteiger partial charge in [0.15, 0.2) is 0 Å². The van der Waals surface area contributed by atoms with E-state index in [1.807, 2.05) is 0 Å². The largest absolute Gasteiger partial charge is 0.459 e. The number of amides is 3. The highest BCUT2D eigenvalue weighted by molar-refractivity contribution is 6.09. The van der Waals surface area contributed by atoms with E-state index in [9.17, 15) is 19.2 Å². The van der Waals surface area contributed by atoms with E-state index in [1.54, 1.807) is 32.0 Å². The second-order valence-corrected chi connectivity index (χ2v) is 9.00. The van der Waals surface area contributed by atoms with Gasteiger partial charge in [0.25, 0.3) is 0 Å². The van der Waals surface area contributed by atoms with Crippen molar-refractivity contribution in [1.29, 1.82) is 0 Å². The smallest absolute Gasteiger partial charge is 0.338 e. The number of ether oxygens (including phenoxy) is 1. The first-order chi connectivity index (χ1) is 14.3. The zero-order chi connectivity index (χ0) is 21.2. The lowest BCUT2D eigenvalue weighted by molar-refractivity contribution is -0.142. The summed E-state index contributed by atoms with van der Waals surface area (Å²) in [6.45, 7) is 3.22. The van der Waals surface area contributed by atoms with Crippen LogP contribution < -0.4 is 5.32 Å². The van der Waals surface area contributed by atoms with Crippen molar-refractivity contribution in [1.82, 2.24) is 4.90 Å². The summed E-state index contributed by atoms with van der Waals surface area (Å²) in [4.78, 5) is 51.7. The summed E-state index contributed by atoms with van der Waals surface area (Å²) in [6.07, 6.45) is 5.07. The van der Waals surface area contributed by atoms with Crippen LogP contribution >= 0.6 is 0 Å². The number of anilines is 1. The maximum absolute atomic E-state index is 13.0. The first-order valence-electron chi connectivity index (χ1n) is 10.5. The second kappa shape index (κ2) is 6.79. The Hall–Kier alpha value is -2.96. The molecule has 1 aromatic carbocycles. The Balaban J connectivity index is 1.26. The molecule has 6 rings (SSSR count). The number of nitrogens with one attached hydrogen (secondary N) is 1. The van der Waals surface area contributed by atoms with Gasteiger partial charge in [-0.25, -0.2) is 4.79 Å². The highest BCUT2D eigenvalue weighted by Crippen LogP contribution is 2.65. The van der Waals surface area contributed by atoms with E-state index >= 15 is 0 Å². The van der Waals surface area contributed by atoms with Crippen LogP contribution in [0.4, 0.5) is 5.69 Å². The first-order valence-corrected chi connectivity index (χ1v) is 10.5. The second-order valence-electron chi connectivity index (χ2n) is 9.00. The van der Waals surface area contributed by atoms with Crippen LogP contribution in [-0.2, 0) is 19.1 Å². The average molecular weight is 408 g/mol. The zero-order valence-corrected chi connectivity index (χ0v) is 16.9. The van der Waals surface area contributed by atoms with Crippen LogP contribution in [0.15, 0.2) is 36.4 Å². The van der Waals surface area contributed by atoms with Crippen molar-refractivity contribution in [3.8, 4) is 0 Å². The number of esters is 1. The Bertz CT molecular complexity index is 948. The van der Waals surface area contributed by atoms with E-state index in [1.165, 1.54) is 6.07 Å². The van der Waals surface area contributed by atoms with Gasteiger partial charge in [-0.1, -0.05) is 18.2 Å². The van der Waals surface area contributed by atoms with Crippen molar-refractivity contribution in [3.63, 3.8) is 0 Å². The molecule has 1 heterocycles. The van der Waals surface area contributed by atoms with Crippen LogP contribution in [0.3, 0.4) is 0 Å². The summed E-state index contributed by atoms with van der Waals surface area (Å²) in [5.41, 5.74) is 0.736. The molecule has 0 radical (unpaired) electrons. The maximum atomic E-state index is 13.0. The molecule has 6 atom stereocenters. The number of hydrogen-bond donors (Lipinski definition) is 1. The highest BCUT2D eigenvalue weighted by Gasteiger charge is 2.67. The Labute approximate surface area is 174 Å². The fraction of sp³-hybridized carbons (Fsp3) is 0.478. The number of hydrogen-bond acceptors (Lipinski definition) is 5. The van der Waals surface area contributed by atoms with Crippen molar-refractivity contribution in [2.45, 2.75) is 26.4 Å². The number of imide groups is 1. The summed E-state index contributed by atoms with van der Waals surface area (Å²) in [5, 5.41) is 2.69. The van der Waals surface area contributed by atoms with E-state index in [0.717, 1.165) is 11.3 Å². The molecule has 7 heteroatoms. The van der Waals surface area contributed by atoms with Crippen molar-refractivity contribution in [2.24, 2.45) is 35.5 Å². The minimum Gasteiger partial charge on any atom is -0.459 e. The minimum atomic E-state index is -0.475. The summed E-state index contributed by atoms with van der Waals surface area (Å²) in [7, 11) is 0. The van der Waals surface area contributed by atoms with E-state index in [0.29, 0.717) is 23.1 Å². The third-order valence-electron chi connectivity index (χ3n) is 6.78. The summed E-state index contributed by atoms with van der Waals surface area (Å²) in [5.74, 6) is -0.669. The summed E-state index contributed by atoms with van der Waals surface area (Å²) in [6, 6.07) is 6.42. The van der Waals surface area contributed by atoms with Gasteiger partial charge in [-0.2, -0.15) is 0 Å². The zero-order valence-electron chi connectivity index (χ0n) is 16.9. The number of likely N-dealkylation sites (tertiary alicyclic amines) is 1. The third-order valence-corrected chi connectivity index (χ3v) is 6.78. The van der Waals surface area contributed by atoms with Gasteiger partial charge in [0.05, 0.1) is 23.5 Å². The molecule has 2 saturated carbocycles. The van der Waals surface area contributed by atoms with Crippen molar-refractivity contribution in [2.75, 3.05) is 11.9 Å². The van der Waals surface area contributed by atoms with E-state index < -0.39 is 11.9 Å². The third kappa shape index (κ3) is 2.95. The van der Waals surface area contributed by atoms with Crippen LogP contribution in [0.2, 0.25) is 0 Å². The Morgan fingerprint density at radius 1 is 1.10 bits per heavy atom. The minimum absolute atomic E-state index is 0.137. The standard InChI is InChI=1S/C23H24N2O5/c1-11(2)30-23(29)12-4-3-5-13(8-12)24-18(26)10-25-21(27)19-14-6-7-15(17-9-16(14)17)20(19)22(25)28/h3-8,11,14-17,19-20H,9-10H2,1-2H3,(H,24,26)/t14-,15-,16-,17-,19+,20+/m0/s1. The van der Waals surface area contributed by atoms with Gasteiger partial charge in [0.2, 0.25) is 17.7 Å². The van der Waals surface area contributed by atoms with E-state index in [4.69, 9.17) is 4.74 Å². The number of carbonyl (C=O) groups is 4. The topological polar surface area (TPSA) is 92.8 Å². The van der Waals surface area contributed by atoms with Crippen LogP contribution in [0.1, 0.15) is 30.6 Å². The van der Waals surface area contributed by atoms with E-state index in [-0.39, 0.29) is 48.1 Å². The molecule has 1 aromatic rings. The maximum Gasteiger partial charge on any atom is 0.338 e. The molecule has 5 aliphatic rings. The Morgan fingerprint density at radius 3 is 2.33 bits per heavy atom. The van der Waals surface area contributed by atoms with Crippen molar-refractivity contribution < 1.29 is 23.9 Å². The first kappa shape index (κ1) is 19.0. The van der Waals surface area contributed by atoms with Gasteiger partial charge >= 0.3 is 5.97 Å². The van der Waals surface area contributed by atoms with Crippen LogP contribution in [0.5, 0.6) is 0 Å². The molecular weight excluding hydrogens is 384 g/mol. The van der Waals surface area contributed by atoms with Gasteiger partial charge in [-0.15, -0.1) is 0 Å². The molecule has 7 nitrogen and oxygen atoms in total. The molecule has 0 aromatic heterocycles. The molecule has 0 spiro atoms.